The molecule has 238 valence electrons. The summed E-state index contributed by atoms with van der Waals surface area (Å²) in [6.07, 6.45) is 0. The average molecular weight is 651 g/mol. The van der Waals surface area contributed by atoms with Gasteiger partial charge < -0.3 is 13.6 Å². The molecule has 8 aromatic carbocycles. The minimum atomic E-state index is 0.886. The van der Waals surface area contributed by atoms with Gasteiger partial charge in [-0.1, -0.05) is 140 Å². The first-order valence-corrected chi connectivity index (χ1v) is 17.4. The number of benzene rings is 8. The maximum absolute atomic E-state index is 6.81. The van der Waals surface area contributed by atoms with Gasteiger partial charge in [0.25, 0.3) is 0 Å². The minimum absolute atomic E-state index is 0.886. The fraction of sp³-hybridized carbons (Fsp3) is 0. The molecule has 0 bridgehead atoms. The zero-order chi connectivity index (χ0) is 33.5. The van der Waals surface area contributed by atoms with Crippen LogP contribution in [0, 0.1) is 0 Å². The van der Waals surface area contributed by atoms with Gasteiger partial charge in [0, 0.05) is 43.6 Å². The van der Waals surface area contributed by atoms with Gasteiger partial charge in [-0.15, -0.1) is 0 Å². The van der Waals surface area contributed by atoms with Crippen LogP contribution in [0.1, 0.15) is 0 Å². The van der Waals surface area contributed by atoms with Gasteiger partial charge in [0.1, 0.15) is 5.58 Å². The Balaban J connectivity index is 1.23. The molecule has 11 rings (SSSR count). The third-order valence-electron chi connectivity index (χ3n) is 10.5. The van der Waals surface area contributed by atoms with E-state index in [-0.39, 0.29) is 0 Å². The zero-order valence-corrected chi connectivity index (χ0v) is 27.6. The van der Waals surface area contributed by atoms with Crippen LogP contribution in [0.15, 0.2) is 186 Å². The Bertz CT molecular complexity index is 3130. The summed E-state index contributed by atoms with van der Waals surface area (Å²) in [5, 5.41) is 7.17. The maximum Gasteiger partial charge on any atom is 0.160 e. The van der Waals surface area contributed by atoms with E-state index < -0.39 is 0 Å². The normalized spacial score (nSPS) is 11.9. The predicted octanol–water partition coefficient (Wildman–Crippen LogP) is 13.1. The van der Waals surface area contributed by atoms with Crippen molar-refractivity contribution >= 4 is 65.6 Å². The van der Waals surface area contributed by atoms with Crippen LogP contribution in [0.3, 0.4) is 0 Å². The maximum atomic E-state index is 6.81. The molecule has 0 unspecified atom stereocenters. The molecule has 0 spiro atoms. The molecule has 0 radical (unpaired) electrons. The van der Waals surface area contributed by atoms with Crippen molar-refractivity contribution in [2.45, 2.75) is 0 Å². The number of furan rings is 1. The van der Waals surface area contributed by atoms with Crippen LogP contribution in [-0.4, -0.2) is 9.13 Å². The van der Waals surface area contributed by atoms with Crippen molar-refractivity contribution in [3.05, 3.63) is 182 Å². The van der Waals surface area contributed by atoms with Crippen molar-refractivity contribution in [2.24, 2.45) is 0 Å². The van der Waals surface area contributed by atoms with Crippen molar-refractivity contribution in [3.63, 3.8) is 0 Å². The Labute approximate surface area is 293 Å². The molecule has 3 nitrogen and oxygen atoms in total. The number of hydrogen-bond acceptors (Lipinski definition) is 1. The van der Waals surface area contributed by atoms with Gasteiger partial charge in [-0.25, -0.2) is 0 Å². The molecule has 0 saturated heterocycles. The second-order valence-electron chi connectivity index (χ2n) is 13.3. The van der Waals surface area contributed by atoms with Crippen molar-refractivity contribution in [1.29, 1.82) is 0 Å². The first-order chi connectivity index (χ1) is 25.3. The van der Waals surface area contributed by atoms with E-state index in [0.29, 0.717) is 0 Å². The summed E-state index contributed by atoms with van der Waals surface area (Å²) in [6, 6.07) is 65.3. The SMILES string of the molecule is c1ccc(-c2ccc(-n3c4ccccc4c4ccc(-c5cccc6c7ccccc7n(-c7ccccc7)c56)cc43)c3oc4ccccc4c23)cc1. The Morgan fingerprint density at radius 1 is 0.373 bits per heavy atom. The second kappa shape index (κ2) is 10.8. The van der Waals surface area contributed by atoms with Gasteiger partial charge in [0.15, 0.2) is 5.58 Å². The zero-order valence-electron chi connectivity index (χ0n) is 27.6. The fourth-order valence-corrected chi connectivity index (χ4v) is 8.34. The largest absolute Gasteiger partial charge is 0.454 e. The van der Waals surface area contributed by atoms with Crippen LogP contribution in [0.5, 0.6) is 0 Å². The van der Waals surface area contributed by atoms with E-state index in [4.69, 9.17) is 4.42 Å². The summed E-state index contributed by atoms with van der Waals surface area (Å²) in [7, 11) is 0. The summed E-state index contributed by atoms with van der Waals surface area (Å²) >= 11 is 0. The molecular weight excluding hydrogens is 621 g/mol. The predicted molar refractivity (Wildman–Crippen MR) is 213 cm³/mol. The number of rotatable bonds is 4. The lowest BCUT2D eigenvalue weighted by Gasteiger charge is -2.14. The topological polar surface area (TPSA) is 23.0 Å². The third-order valence-corrected chi connectivity index (χ3v) is 10.5. The van der Waals surface area contributed by atoms with Crippen molar-refractivity contribution in [3.8, 4) is 33.6 Å². The lowest BCUT2D eigenvalue weighted by molar-refractivity contribution is 0.666. The molecule has 3 aromatic heterocycles. The minimum Gasteiger partial charge on any atom is -0.454 e. The summed E-state index contributed by atoms with van der Waals surface area (Å²) in [4.78, 5) is 0. The molecule has 0 aliphatic heterocycles. The number of para-hydroxylation sites is 5. The number of fused-ring (bicyclic) bond motifs is 9. The van der Waals surface area contributed by atoms with Crippen molar-refractivity contribution in [2.75, 3.05) is 0 Å². The summed E-state index contributed by atoms with van der Waals surface area (Å²) in [5.74, 6) is 0. The molecule has 0 amide bonds. The Hall–Kier alpha value is -6.84. The molecule has 3 heterocycles. The van der Waals surface area contributed by atoms with Crippen LogP contribution >= 0.6 is 0 Å². The Morgan fingerprint density at radius 3 is 1.80 bits per heavy atom. The number of nitrogens with zero attached hydrogens (tertiary/aromatic N) is 2. The van der Waals surface area contributed by atoms with Gasteiger partial charge in [-0.05, 0) is 59.2 Å². The Kier molecular flexibility index (Phi) is 5.96. The first kappa shape index (κ1) is 28.0. The smallest absolute Gasteiger partial charge is 0.160 e. The lowest BCUT2D eigenvalue weighted by Crippen LogP contribution is -1.96. The highest BCUT2D eigenvalue weighted by Gasteiger charge is 2.22. The van der Waals surface area contributed by atoms with Gasteiger partial charge in [-0.2, -0.15) is 0 Å². The van der Waals surface area contributed by atoms with E-state index in [1.807, 2.05) is 0 Å². The molecule has 11 aromatic rings. The molecule has 0 aliphatic carbocycles. The van der Waals surface area contributed by atoms with Gasteiger partial charge >= 0.3 is 0 Å². The summed E-state index contributed by atoms with van der Waals surface area (Å²) in [6.45, 7) is 0. The van der Waals surface area contributed by atoms with E-state index in [9.17, 15) is 0 Å². The van der Waals surface area contributed by atoms with Crippen LogP contribution in [0.25, 0.3) is 99.2 Å². The molecule has 0 saturated carbocycles. The summed E-state index contributed by atoms with van der Waals surface area (Å²) in [5.41, 5.74) is 13.4. The molecular formula is C48H30N2O. The van der Waals surface area contributed by atoms with Crippen LogP contribution in [0.2, 0.25) is 0 Å². The van der Waals surface area contributed by atoms with Crippen LogP contribution in [-0.2, 0) is 0 Å². The van der Waals surface area contributed by atoms with Crippen molar-refractivity contribution < 1.29 is 4.42 Å². The van der Waals surface area contributed by atoms with Crippen LogP contribution in [0.4, 0.5) is 0 Å². The molecule has 3 heteroatoms. The molecule has 0 N–H and O–H groups in total. The highest BCUT2D eigenvalue weighted by atomic mass is 16.3. The lowest BCUT2D eigenvalue weighted by atomic mass is 9.98. The van der Waals surface area contributed by atoms with E-state index >= 15 is 0 Å². The van der Waals surface area contributed by atoms with E-state index in [2.05, 4.69) is 191 Å². The van der Waals surface area contributed by atoms with Crippen LogP contribution < -0.4 is 0 Å². The van der Waals surface area contributed by atoms with E-state index in [0.717, 1.165) is 44.3 Å². The Morgan fingerprint density at radius 2 is 1.00 bits per heavy atom. The fourth-order valence-electron chi connectivity index (χ4n) is 8.34. The standard InChI is InChI=1S/C48H30N2O/c1-3-14-31(15-4-1)34-28-29-43(48-46(34)40-20-9-12-25-45(40)51-48)50-42-24-11-7-18-36(42)38-27-26-32(30-44(38)50)35-21-13-22-39-37-19-8-10-23-41(37)49(47(35)39)33-16-5-2-6-17-33/h1-30H. The quantitative estimate of drug-likeness (QED) is 0.186. The highest BCUT2D eigenvalue weighted by molar-refractivity contribution is 6.18. The molecule has 0 atom stereocenters. The third kappa shape index (κ3) is 4.06. The molecule has 0 aliphatic rings. The molecule has 0 fully saturated rings. The number of hydrogen-bond donors (Lipinski definition) is 0. The highest BCUT2D eigenvalue weighted by Crippen LogP contribution is 2.44. The molecule has 51 heavy (non-hydrogen) atoms. The average Bonchev–Trinajstić information content (AvgIpc) is 3.86. The van der Waals surface area contributed by atoms with Gasteiger partial charge in [-0.3, -0.25) is 0 Å². The van der Waals surface area contributed by atoms with E-state index in [1.54, 1.807) is 0 Å². The second-order valence-corrected chi connectivity index (χ2v) is 13.3. The summed E-state index contributed by atoms with van der Waals surface area (Å²) < 4.78 is 11.6. The van der Waals surface area contributed by atoms with E-state index in [1.165, 1.54) is 54.8 Å². The van der Waals surface area contributed by atoms with Gasteiger partial charge in [0.2, 0.25) is 0 Å². The number of aromatic nitrogens is 2. The monoisotopic (exact) mass is 650 g/mol. The van der Waals surface area contributed by atoms with Gasteiger partial charge in [0.05, 0.1) is 27.8 Å². The first-order valence-electron chi connectivity index (χ1n) is 17.4. The van der Waals surface area contributed by atoms with Crippen molar-refractivity contribution in [1.82, 2.24) is 9.13 Å².